The van der Waals surface area contributed by atoms with Crippen LogP contribution >= 0.6 is 0 Å². The Kier molecular flexibility index (Phi) is 12.5. The van der Waals surface area contributed by atoms with Gasteiger partial charge in [0.1, 0.15) is 18.1 Å². The second-order valence-corrected chi connectivity index (χ2v) is 15.2. The lowest BCUT2D eigenvalue weighted by Crippen LogP contribution is -2.59. The molecule has 3 saturated heterocycles. The van der Waals surface area contributed by atoms with E-state index in [0.717, 1.165) is 62.0 Å². The predicted octanol–water partition coefficient (Wildman–Crippen LogP) is 6.15. The van der Waals surface area contributed by atoms with Crippen LogP contribution in [0.5, 0.6) is 11.5 Å². The Morgan fingerprint density at radius 3 is 2.40 bits per heavy atom. The van der Waals surface area contributed by atoms with Gasteiger partial charge in [-0.3, -0.25) is 14.5 Å². The second kappa shape index (κ2) is 18.1. The second-order valence-electron chi connectivity index (χ2n) is 15.2. The summed E-state index contributed by atoms with van der Waals surface area (Å²) >= 11 is 0. The van der Waals surface area contributed by atoms with Gasteiger partial charge in [0.05, 0.1) is 23.7 Å². The number of aromatic nitrogens is 1. The normalized spacial score (nSPS) is 18.5. The van der Waals surface area contributed by atoms with Crippen LogP contribution in [0, 0.1) is 5.92 Å². The number of piperidine rings is 3. The van der Waals surface area contributed by atoms with E-state index >= 15 is 0 Å². The summed E-state index contributed by atoms with van der Waals surface area (Å²) in [5.41, 5.74) is 3.85. The Labute approximate surface area is 332 Å². The number of pyridine rings is 1. The number of rotatable bonds is 16. The van der Waals surface area contributed by atoms with Crippen LogP contribution < -0.4 is 15.6 Å². The fourth-order valence-corrected chi connectivity index (χ4v) is 8.35. The summed E-state index contributed by atoms with van der Waals surface area (Å²) in [6.07, 6.45) is 1.85. The van der Waals surface area contributed by atoms with Crippen molar-refractivity contribution in [1.29, 1.82) is 0 Å². The number of amides is 2. The van der Waals surface area contributed by atoms with Crippen LogP contribution in [0.3, 0.4) is 0 Å². The van der Waals surface area contributed by atoms with Crippen LogP contribution in [0.1, 0.15) is 70.4 Å². The zero-order chi connectivity index (χ0) is 39.9. The van der Waals surface area contributed by atoms with Crippen molar-refractivity contribution in [2.75, 3.05) is 46.3 Å². The summed E-state index contributed by atoms with van der Waals surface area (Å²) in [5, 5.41) is 35.4. The number of nitrogens with one attached hydrogen (secondary N) is 2. The molecule has 2 unspecified atom stereocenters. The van der Waals surface area contributed by atoms with E-state index in [0.29, 0.717) is 53.3 Å². The van der Waals surface area contributed by atoms with Crippen molar-refractivity contribution in [3.05, 3.63) is 141 Å². The number of aliphatic hydroxyl groups is 1. The lowest BCUT2D eigenvalue weighted by molar-refractivity contribution is -0.000814. The Morgan fingerprint density at radius 2 is 1.68 bits per heavy atom. The average molecular weight is 774 g/mol. The van der Waals surface area contributed by atoms with Gasteiger partial charge in [-0.05, 0) is 110 Å². The van der Waals surface area contributed by atoms with Gasteiger partial charge < -0.3 is 40.2 Å². The van der Waals surface area contributed by atoms with Crippen LogP contribution in [0.2, 0.25) is 0 Å². The number of phenolic OH excluding ortho intramolecular Hbond substituents is 1. The lowest BCUT2D eigenvalue weighted by Gasteiger charge is -2.50. The van der Waals surface area contributed by atoms with Gasteiger partial charge >= 0.3 is 6.09 Å². The quantitative estimate of drug-likeness (QED) is 0.0742. The highest BCUT2D eigenvalue weighted by atomic mass is 16.5. The molecule has 12 nitrogen and oxygen atoms in total. The molecule has 4 heterocycles. The number of H-pyrrole nitrogens is 1. The topological polar surface area (TPSA) is 159 Å². The third kappa shape index (κ3) is 9.31. The van der Waals surface area contributed by atoms with Gasteiger partial charge in [-0.1, -0.05) is 60.7 Å². The highest BCUT2D eigenvalue weighted by molar-refractivity contribution is 5.94. The molecule has 2 amide bonds. The molecule has 5 aromatic rings. The van der Waals surface area contributed by atoms with Gasteiger partial charge in [0.2, 0.25) is 5.56 Å². The molecule has 0 saturated carbocycles. The molecule has 1 aromatic heterocycles. The monoisotopic (exact) mass is 773 g/mol. The molecule has 0 radical (unpaired) electrons. The molecule has 0 aliphatic carbocycles. The van der Waals surface area contributed by atoms with Crippen molar-refractivity contribution in [3.8, 4) is 11.5 Å². The fraction of sp³-hybridized carbons (Fsp3) is 0.356. The van der Waals surface area contributed by atoms with Crippen molar-refractivity contribution >= 4 is 22.9 Å². The van der Waals surface area contributed by atoms with Crippen molar-refractivity contribution in [3.63, 3.8) is 0 Å². The van der Waals surface area contributed by atoms with Gasteiger partial charge in [0.25, 0.3) is 5.91 Å². The van der Waals surface area contributed by atoms with Crippen molar-refractivity contribution < 1.29 is 29.6 Å². The van der Waals surface area contributed by atoms with E-state index in [2.05, 4.69) is 15.2 Å². The van der Waals surface area contributed by atoms with Crippen molar-refractivity contribution in [2.45, 2.75) is 50.5 Å². The Morgan fingerprint density at radius 1 is 0.930 bits per heavy atom. The number of carboxylic acid groups (broad SMARTS) is 1. The zero-order valence-corrected chi connectivity index (χ0v) is 32.2. The minimum absolute atomic E-state index is 0.0484. The SMILES string of the molecule is CN(CCCCNCC(O)c1ccc(O)c2[nH]c(=O)ccc12)C(=O)c1ccc(COc2cccc([C@H](c3ccccc3)N(C(=O)O)C3CN4CCC3CC4)c2)cc1. The number of phenols is 1. The summed E-state index contributed by atoms with van der Waals surface area (Å²) in [5.74, 6) is 0.863. The van der Waals surface area contributed by atoms with E-state index in [4.69, 9.17) is 4.74 Å². The van der Waals surface area contributed by atoms with E-state index in [1.807, 2.05) is 78.9 Å². The smallest absolute Gasteiger partial charge is 0.408 e. The maximum absolute atomic E-state index is 13.2. The Balaban J connectivity index is 0.898. The van der Waals surface area contributed by atoms with Gasteiger partial charge in [-0.25, -0.2) is 4.79 Å². The number of carbonyl (C=O) groups excluding carboxylic acids is 1. The Hall–Kier alpha value is -5.69. The highest BCUT2D eigenvalue weighted by Gasteiger charge is 2.43. The van der Waals surface area contributed by atoms with E-state index in [1.165, 1.54) is 12.1 Å². The molecule has 3 fully saturated rings. The molecule has 3 atom stereocenters. The first-order valence-corrected chi connectivity index (χ1v) is 19.8. The summed E-state index contributed by atoms with van der Waals surface area (Å²) in [6, 6.07) is 30.5. The molecule has 3 aliphatic heterocycles. The number of ether oxygens (including phenoxy) is 1. The molecule has 12 heteroatoms. The number of aromatic hydroxyl groups is 1. The number of aliphatic hydroxyl groups excluding tert-OH is 1. The van der Waals surface area contributed by atoms with Crippen LogP contribution in [0.15, 0.2) is 108 Å². The van der Waals surface area contributed by atoms with Crippen LogP contribution in [0.25, 0.3) is 10.9 Å². The van der Waals surface area contributed by atoms with Gasteiger partial charge in [-0.15, -0.1) is 0 Å². The third-order valence-corrected chi connectivity index (χ3v) is 11.4. The van der Waals surface area contributed by atoms with Crippen molar-refractivity contribution in [1.82, 2.24) is 25.0 Å². The summed E-state index contributed by atoms with van der Waals surface area (Å²) in [4.78, 5) is 46.3. The molecule has 57 heavy (non-hydrogen) atoms. The maximum atomic E-state index is 13.2. The summed E-state index contributed by atoms with van der Waals surface area (Å²) in [6.45, 7) is 4.62. The highest BCUT2D eigenvalue weighted by Crippen LogP contribution is 2.39. The molecule has 3 aliphatic rings. The maximum Gasteiger partial charge on any atom is 0.408 e. The first kappa shape index (κ1) is 39.5. The average Bonchev–Trinajstić information content (AvgIpc) is 3.24. The first-order valence-electron chi connectivity index (χ1n) is 19.8. The van der Waals surface area contributed by atoms with Crippen LogP contribution in [0.4, 0.5) is 4.79 Å². The first-order chi connectivity index (χ1) is 27.7. The predicted molar refractivity (Wildman–Crippen MR) is 219 cm³/mol. The number of carbonyl (C=O) groups is 2. The van der Waals surface area contributed by atoms with Gasteiger partial charge in [0, 0.05) is 43.7 Å². The number of hydrogen-bond acceptors (Lipinski definition) is 8. The van der Waals surface area contributed by atoms with Gasteiger partial charge in [-0.2, -0.15) is 0 Å². The number of benzene rings is 4. The minimum atomic E-state index is -0.916. The van der Waals surface area contributed by atoms with Crippen LogP contribution in [-0.4, -0.2) is 99.4 Å². The molecule has 298 valence electrons. The molecule has 0 spiro atoms. The third-order valence-electron chi connectivity index (χ3n) is 11.4. The number of aromatic amines is 1. The minimum Gasteiger partial charge on any atom is -0.506 e. The fourth-order valence-electron chi connectivity index (χ4n) is 8.35. The van der Waals surface area contributed by atoms with E-state index in [1.54, 1.807) is 29.0 Å². The molecular formula is C45H51N5O7. The van der Waals surface area contributed by atoms with Crippen LogP contribution in [-0.2, 0) is 6.61 Å². The number of fused-ring (bicyclic) bond motifs is 4. The van der Waals surface area contributed by atoms with E-state index in [9.17, 15) is 29.7 Å². The Bertz CT molecular complexity index is 2200. The number of unbranched alkanes of at least 4 members (excludes halogenated alkanes) is 1. The van der Waals surface area contributed by atoms with E-state index in [-0.39, 0.29) is 29.9 Å². The summed E-state index contributed by atoms with van der Waals surface area (Å²) < 4.78 is 6.24. The van der Waals surface area contributed by atoms with Gasteiger partial charge in [0.15, 0.2) is 0 Å². The molecular weight excluding hydrogens is 723 g/mol. The molecule has 8 rings (SSSR count). The number of hydrogen-bond donors (Lipinski definition) is 5. The molecule has 2 bridgehead atoms. The lowest BCUT2D eigenvalue weighted by atomic mass is 9.81. The zero-order valence-electron chi connectivity index (χ0n) is 32.2. The van der Waals surface area contributed by atoms with E-state index < -0.39 is 18.2 Å². The molecule has 4 aromatic carbocycles. The van der Waals surface area contributed by atoms with Crippen molar-refractivity contribution in [2.24, 2.45) is 5.92 Å². The molecule has 5 N–H and O–H groups in total. The largest absolute Gasteiger partial charge is 0.506 e. The summed E-state index contributed by atoms with van der Waals surface area (Å²) in [7, 11) is 1.79. The number of nitrogens with zero attached hydrogens (tertiary/aromatic N) is 3. The standard InChI is InChI=1S/C45H51N5O7/c1-48(23-6-5-22-46-27-40(52)36-16-18-39(51)42-37(36)17-19-41(53)47-42)44(54)33-14-12-30(13-15-33)29-57-35-11-7-10-34(26-35)43(32-8-3-2-4-9-32)50(45(55)56)38-28-49-24-20-31(38)21-25-49/h2-4,7-19,26,31,38,40,43,46,51-52H,5-6,20-25,27-29H2,1H3,(H,47,53)(H,55,56)/t38?,40?,43-/m0/s1.